The molecular formula is C18H15NOS. The molecule has 2 nitrogen and oxygen atoms in total. The van der Waals surface area contributed by atoms with Gasteiger partial charge in [-0.1, -0.05) is 71.4 Å². The number of aryl methyl sites for hydroxylation is 2. The van der Waals surface area contributed by atoms with Crippen molar-refractivity contribution in [1.29, 1.82) is 0 Å². The molecule has 0 aliphatic carbocycles. The normalized spacial score (nSPS) is 16.4. The standard InChI is InChI=1S/C18H15NOS/c1-12-3-7-14(8-4-12)11-16-17(20)19-18(21-16)15-9-5-13(2)6-10-15/h3-11H,1-2H3/b16-11+. The molecule has 0 bridgehead atoms. The second-order valence-electron chi connectivity index (χ2n) is 5.11. The zero-order valence-corrected chi connectivity index (χ0v) is 12.8. The Bertz CT molecular complexity index is 740. The number of rotatable bonds is 2. The Morgan fingerprint density at radius 2 is 1.48 bits per heavy atom. The van der Waals surface area contributed by atoms with Gasteiger partial charge in [-0.3, -0.25) is 4.79 Å². The number of amides is 1. The van der Waals surface area contributed by atoms with Gasteiger partial charge in [-0.15, -0.1) is 0 Å². The van der Waals surface area contributed by atoms with Gasteiger partial charge in [0.2, 0.25) is 0 Å². The molecule has 0 fully saturated rings. The van der Waals surface area contributed by atoms with E-state index in [0.717, 1.165) is 16.2 Å². The van der Waals surface area contributed by atoms with E-state index in [4.69, 9.17) is 0 Å². The summed E-state index contributed by atoms with van der Waals surface area (Å²) in [5, 5.41) is 0.776. The van der Waals surface area contributed by atoms with Gasteiger partial charge in [0, 0.05) is 5.56 Å². The molecule has 0 saturated heterocycles. The minimum absolute atomic E-state index is 0.156. The number of carbonyl (C=O) groups is 1. The molecule has 3 heteroatoms. The van der Waals surface area contributed by atoms with Gasteiger partial charge in [0.1, 0.15) is 5.04 Å². The molecule has 0 spiro atoms. The van der Waals surface area contributed by atoms with E-state index >= 15 is 0 Å². The van der Waals surface area contributed by atoms with Crippen LogP contribution in [0, 0.1) is 13.8 Å². The molecule has 1 aliphatic heterocycles. The number of carbonyl (C=O) groups excluding carboxylic acids is 1. The molecule has 104 valence electrons. The fourth-order valence-electron chi connectivity index (χ4n) is 2.04. The average Bonchev–Trinajstić information content (AvgIpc) is 2.83. The fourth-order valence-corrected chi connectivity index (χ4v) is 2.96. The number of aliphatic imine (C=N–C) groups is 1. The first-order chi connectivity index (χ1) is 10.1. The second-order valence-corrected chi connectivity index (χ2v) is 6.14. The summed E-state index contributed by atoms with van der Waals surface area (Å²) < 4.78 is 0. The third-order valence-electron chi connectivity index (χ3n) is 3.29. The third-order valence-corrected chi connectivity index (χ3v) is 4.33. The van der Waals surface area contributed by atoms with Crippen molar-refractivity contribution in [3.8, 4) is 0 Å². The SMILES string of the molecule is Cc1ccc(/C=C2/SC(c3ccc(C)cc3)=NC2=O)cc1. The minimum atomic E-state index is -0.156. The van der Waals surface area contributed by atoms with E-state index in [1.54, 1.807) is 0 Å². The quantitative estimate of drug-likeness (QED) is 0.770. The number of nitrogens with zero attached hydrogens (tertiary/aromatic N) is 1. The molecule has 0 N–H and O–H groups in total. The van der Waals surface area contributed by atoms with Crippen LogP contribution < -0.4 is 0 Å². The van der Waals surface area contributed by atoms with Crippen LogP contribution in [0.15, 0.2) is 58.4 Å². The molecule has 1 aliphatic rings. The van der Waals surface area contributed by atoms with E-state index in [2.05, 4.69) is 4.99 Å². The van der Waals surface area contributed by atoms with Crippen molar-refractivity contribution in [2.24, 2.45) is 4.99 Å². The molecule has 1 amide bonds. The fraction of sp³-hybridized carbons (Fsp3) is 0.111. The largest absolute Gasteiger partial charge is 0.284 e. The van der Waals surface area contributed by atoms with Crippen molar-refractivity contribution >= 4 is 28.8 Å². The number of hydrogen-bond donors (Lipinski definition) is 0. The molecule has 3 rings (SSSR count). The Labute approximate surface area is 128 Å². The van der Waals surface area contributed by atoms with Crippen LogP contribution in [0.5, 0.6) is 0 Å². The minimum Gasteiger partial charge on any atom is -0.266 e. The van der Waals surface area contributed by atoms with Gasteiger partial charge >= 0.3 is 0 Å². The lowest BCUT2D eigenvalue weighted by atomic mass is 10.1. The predicted octanol–water partition coefficient (Wildman–Crippen LogP) is 4.36. The maximum atomic E-state index is 12.0. The van der Waals surface area contributed by atoms with E-state index < -0.39 is 0 Å². The Hall–Kier alpha value is -2.13. The molecule has 0 unspecified atom stereocenters. The van der Waals surface area contributed by atoms with Gasteiger partial charge in [0.15, 0.2) is 0 Å². The Kier molecular flexibility index (Phi) is 3.76. The van der Waals surface area contributed by atoms with E-state index in [0.29, 0.717) is 4.91 Å². The predicted molar refractivity (Wildman–Crippen MR) is 89.5 cm³/mol. The highest BCUT2D eigenvalue weighted by molar-refractivity contribution is 8.19. The van der Waals surface area contributed by atoms with Crippen LogP contribution in [0.4, 0.5) is 0 Å². The van der Waals surface area contributed by atoms with E-state index in [1.807, 2.05) is 68.5 Å². The Morgan fingerprint density at radius 3 is 2.10 bits per heavy atom. The molecular weight excluding hydrogens is 278 g/mol. The van der Waals surface area contributed by atoms with Crippen molar-refractivity contribution in [3.63, 3.8) is 0 Å². The lowest BCUT2D eigenvalue weighted by Gasteiger charge is -2.00. The van der Waals surface area contributed by atoms with Gasteiger partial charge in [0.05, 0.1) is 4.91 Å². The zero-order chi connectivity index (χ0) is 14.8. The highest BCUT2D eigenvalue weighted by Gasteiger charge is 2.22. The van der Waals surface area contributed by atoms with Crippen molar-refractivity contribution in [1.82, 2.24) is 0 Å². The molecule has 2 aromatic rings. The Balaban J connectivity index is 1.84. The monoisotopic (exact) mass is 293 g/mol. The maximum absolute atomic E-state index is 12.0. The topological polar surface area (TPSA) is 29.4 Å². The van der Waals surface area contributed by atoms with Gasteiger partial charge in [-0.25, -0.2) is 4.99 Å². The number of benzene rings is 2. The first-order valence-electron chi connectivity index (χ1n) is 6.78. The van der Waals surface area contributed by atoms with Crippen LogP contribution in [0.3, 0.4) is 0 Å². The summed E-state index contributed by atoms with van der Waals surface area (Å²) in [7, 11) is 0. The lowest BCUT2D eigenvalue weighted by Crippen LogP contribution is -1.90. The van der Waals surface area contributed by atoms with Crippen LogP contribution in [0.25, 0.3) is 6.08 Å². The number of hydrogen-bond acceptors (Lipinski definition) is 2. The van der Waals surface area contributed by atoms with E-state index in [9.17, 15) is 4.79 Å². The molecule has 0 saturated carbocycles. The molecule has 1 heterocycles. The maximum Gasteiger partial charge on any atom is 0.284 e. The van der Waals surface area contributed by atoms with Crippen LogP contribution in [-0.2, 0) is 4.79 Å². The smallest absolute Gasteiger partial charge is 0.266 e. The van der Waals surface area contributed by atoms with Gasteiger partial charge < -0.3 is 0 Å². The molecule has 21 heavy (non-hydrogen) atoms. The van der Waals surface area contributed by atoms with Crippen LogP contribution in [-0.4, -0.2) is 11.0 Å². The van der Waals surface area contributed by atoms with Gasteiger partial charge in [0.25, 0.3) is 5.91 Å². The van der Waals surface area contributed by atoms with Crippen molar-refractivity contribution in [3.05, 3.63) is 75.7 Å². The summed E-state index contributed by atoms with van der Waals surface area (Å²) in [6.45, 7) is 4.09. The molecule has 0 radical (unpaired) electrons. The van der Waals surface area contributed by atoms with E-state index in [-0.39, 0.29) is 5.91 Å². The molecule has 2 aromatic carbocycles. The van der Waals surface area contributed by atoms with Crippen LogP contribution in [0.2, 0.25) is 0 Å². The number of thioether (sulfide) groups is 1. The lowest BCUT2D eigenvalue weighted by molar-refractivity contribution is -0.113. The summed E-state index contributed by atoms with van der Waals surface area (Å²) in [6, 6.07) is 16.2. The van der Waals surface area contributed by atoms with Crippen molar-refractivity contribution in [2.75, 3.05) is 0 Å². The summed E-state index contributed by atoms with van der Waals surface area (Å²) in [6.07, 6.45) is 1.90. The first kappa shape index (κ1) is 13.8. The first-order valence-corrected chi connectivity index (χ1v) is 7.60. The summed E-state index contributed by atoms with van der Waals surface area (Å²) in [5.41, 5.74) is 4.42. The summed E-state index contributed by atoms with van der Waals surface area (Å²) >= 11 is 1.44. The zero-order valence-electron chi connectivity index (χ0n) is 12.0. The van der Waals surface area contributed by atoms with Crippen LogP contribution in [0.1, 0.15) is 22.3 Å². The molecule has 0 atom stereocenters. The average molecular weight is 293 g/mol. The highest BCUT2D eigenvalue weighted by atomic mass is 32.2. The van der Waals surface area contributed by atoms with Gasteiger partial charge in [-0.2, -0.15) is 0 Å². The van der Waals surface area contributed by atoms with Gasteiger partial charge in [-0.05, 0) is 25.5 Å². The van der Waals surface area contributed by atoms with E-state index in [1.165, 1.54) is 22.9 Å². The van der Waals surface area contributed by atoms with Crippen molar-refractivity contribution < 1.29 is 4.79 Å². The third kappa shape index (κ3) is 3.14. The highest BCUT2D eigenvalue weighted by Crippen LogP contribution is 2.31. The summed E-state index contributed by atoms with van der Waals surface area (Å²) in [5.74, 6) is -0.156. The van der Waals surface area contributed by atoms with Crippen LogP contribution >= 0.6 is 11.8 Å². The second kappa shape index (κ2) is 5.70. The molecule has 0 aromatic heterocycles. The Morgan fingerprint density at radius 1 is 0.905 bits per heavy atom. The summed E-state index contributed by atoms with van der Waals surface area (Å²) in [4.78, 5) is 16.9. The van der Waals surface area contributed by atoms with Crippen molar-refractivity contribution in [2.45, 2.75) is 13.8 Å².